The summed E-state index contributed by atoms with van der Waals surface area (Å²) < 4.78 is 1.93. The monoisotopic (exact) mass is 351 g/mol. The fourth-order valence-corrected chi connectivity index (χ4v) is 3.29. The van der Waals surface area contributed by atoms with Crippen LogP contribution in [0.4, 0.5) is 16.4 Å². The number of hydrogen-bond donors (Lipinski definition) is 2. The molecule has 3 aromatic rings. The Balaban J connectivity index is 1.38. The van der Waals surface area contributed by atoms with Crippen LogP contribution in [0.1, 0.15) is 12.8 Å². The van der Waals surface area contributed by atoms with Gasteiger partial charge in [0, 0.05) is 44.3 Å². The molecule has 0 bridgehead atoms. The summed E-state index contributed by atoms with van der Waals surface area (Å²) in [6, 6.07) is 7.35. The number of hydrogen-bond acceptors (Lipinski definition) is 5. The van der Waals surface area contributed by atoms with Crippen LogP contribution in [0.25, 0.3) is 11.0 Å². The van der Waals surface area contributed by atoms with E-state index in [1.807, 2.05) is 29.8 Å². The van der Waals surface area contributed by atoms with Crippen LogP contribution in [0.3, 0.4) is 0 Å². The molecular weight excluding hydrogens is 330 g/mol. The maximum absolute atomic E-state index is 12.4. The average Bonchev–Trinajstić information content (AvgIpc) is 3.03. The molecule has 2 N–H and O–H groups in total. The van der Waals surface area contributed by atoms with Gasteiger partial charge in [0.05, 0.1) is 17.4 Å². The third-order valence-electron chi connectivity index (χ3n) is 4.57. The molecule has 134 valence electrons. The third kappa shape index (κ3) is 3.44. The van der Waals surface area contributed by atoms with Gasteiger partial charge in [0.15, 0.2) is 0 Å². The predicted molar refractivity (Wildman–Crippen MR) is 100 cm³/mol. The van der Waals surface area contributed by atoms with Crippen molar-refractivity contribution in [2.45, 2.75) is 18.9 Å². The van der Waals surface area contributed by atoms with Crippen LogP contribution in [0.15, 0.2) is 43.0 Å². The molecule has 0 saturated carbocycles. The Morgan fingerprint density at radius 3 is 2.92 bits per heavy atom. The summed E-state index contributed by atoms with van der Waals surface area (Å²) in [6.45, 7) is 1.61. The Morgan fingerprint density at radius 2 is 2.08 bits per heavy atom. The number of rotatable bonds is 3. The lowest BCUT2D eigenvalue weighted by Crippen LogP contribution is -2.49. The number of fused-ring (bicyclic) bond motifs is 1. The van der Waals surface area contributed by atoms with E-state index in [1.54, 1.807) is 24.8 Å². The van der Waals surface area contributed by atoms with Crippen molar-refractivity contribution in [1.82, 2.24) is 24.8 Å². The van der Waals surface area contributed by atoms with Crippen LogP contribution in [0, 0.1) is 0 Å². The molecule has 8 heteroatoms. The molecule has 8 nitrogen and oxygen atoms in total. The van der Waals surface area contributed by atoms with Crippen LogP contribution in [0.2, 0.25) is 0 Å². The van der Waals surface area contributed by atoms with Gasteiger partial charge in [-0.2, -0.15) is 0 Å². The van der Waals surface area contributed by atoms with Crippen molar-refractivity contribution in [1.29, 1.82) is 0 Å². The highest BCUT2D eigenvalue weighted by atomic mass is 16.2. The number of benzene rings is 1. The highest BCUT2D eigenvalue weighted by Crippen LogP contribution is 2.18. The first-order valence-corrected chi connectivity index (χ1v) is 8.69. The lowest BCUT2D eigenvalue weighted by molar-refractivity contribution is 0.246. The molecule has 1 aromatic carbocycles. The smallest absolute Gasteiger partial charge is 0.319 e. The molecule has 1 fully saturated rings. The minimum Gasteiger partial charge on any atom is -0.339 e. The molecule has 0 aliphatic carbocycles. The van der Waals surface area contributed by atoms with Crippen LogP contribution >= 0.6 is 0 Å². The molecule has 1 aliphatic heterocycles. The molecule has 2 amide bonds. The maximum Gasteiger partial charge on any atom is 0.319 e. The van der Waals surface area contributed by atoms with E-state index >= 15 is 0 Å². The van der Waals surface area contributed by atoms with Crippen molar-refractivity contribution in [3.63, 3.8) is 0 Å². The summed E-state index contributed by atoms with van der Waals surface area (Å²) >= 11 is 0. The zero-order valence-electron chi connectivity index (χ0n) is 14.6. The van der Waals surface area contributed by atoms with Crippen molar-refractivity contribution in [2.75, 3.05) is 23.3 Å². The van der Waals surface area contributed by atoms with Crippen LogP contribution < -0.4 is 15.5 Å². The van der Waals surface area contributed by atoms with E-state index in [4.69, 9.17) is 0 Å². The molecule has 26 heavy (non-hydrogen) atoms. The lowest BCUT2D eigenvalue weighted by atomic mass is 10.1. The van der Waals surface area contributed by atoms with Gasteiger partial charge in [-0.25, -0.2) is 19.7 Å². The molecule has 4 rings (SSSR count). The van der Waals surface area contributed by atoms with E-state index in [-0.39, 0.29) is 12.1 Å². The van der Waals surface area contributed by atoms with Gasteiger partial charge in [-0.1, -0.05) is 0 Å². The number of piperidine rings is 1. The molecule has 0 unspecified atom stereocenters. The first kappa shape index (κ1) is 16.3. The first-order chi connectivity index (χ1) is 12.7. The van der Waals surface area contributed by atoms with E-state index < -0.39 is 0 Å². The number of carbonyl (C=O) groups excluding carboxylic acids is 1. The summed E-state index contributed by atoms with van der Waals surface area (Å²) in [5.74, 6) is 0.709. The predicted octanol–water partition coefficient (Wildman–Crippen LogP) is 2.15. The molecular formula is C18H21N7O. The molecule has 1 saturated heterocycles. The fraction of sp³-hybridized carbons (Fsp3) is 0.333. The second-order valence-corrected chi connectivity index (χ2v) is 6.49. The fourth-order valence-electron chi connectivity index (χ4n) is 3.29. The molecule has 1 atom stereocenters. The summed E-state index contributed by atoms with van der Waals surface area (Å²) in [5.41, 5.74) is 2.63. The van der Waals surface area contributed by atoms with E-state index in [0.29, 0.717) is 12.5 Å². The second-order valence-electron chi connectivity index (χ2n) is 6.49. The number of aromatic nitrogens is 4. The zero-order chi connectivity index (χ0) is 17.9. The number of amides is 2. The van der Waals surface area contributed by atoms with Gasteiger partial charge in [-0.05, 0) is 37.1 Å². The minimum absolute atomic E-state index is 0.0630. The number of nitrogens with one attached hydrogen (secondary N) is 2. The molecule has 3 heterocycles. The van der Waals surface area contributed by atoms with Crippen LogP contribution in [0.5, 0.6) is 0 Å². The topological polar surface area (TPSA) is 88.0 Å². The SMILES string of the molecule is Cn1cnc2ccc(NC(=O)N[C@@H]3CCCN(c4ncccn4)C3)cc21. The number of anilines is 2. The number of nitrogens with zero attached hydrogens (tertiary/aromatic N) is 5. The van der Waals surface area contributed by atoms with E-state index in [0.717, 1.165) is 36.1 Å². The Bertz CT molecular complexity index is 908. The number of imidazole rings is 1. The van der Waals surface area contributed by atoms with Crippen molar-refractivity contribution < 1.29 is 4.79 Å². The quantitative estimate of drug-likeness (QED) is 0.755. The van der Waals surface area contributed by atoms with Gasteiger partial charge in [-0.15, -0.1) is 0 Å². The number of carbonyl (C=O) groups is 1. The average molecular weight is 351 g/mol. The van der Waals surface area contributed by atoms with Crippen molar-refractivity contribution in [2.24, 2.45) is 7.05 Å². The summed E-state index contributed by atoms with van der Waals surface area (Å²) in [6.07, 6.45) is 7.17. The maximum atomic E-state index is 12.4. The summed E-state index contributed by atoms with van der Waals surface area (Å²) in [5, 5.41) is 5.97. The van der Waals surface area contributed by atoms with E-state index in [1.165, 1.54) is 0 Å². The van der Waals surface area contributed by atoms with Crippen molar-refractivity contribution >= 4 is 28.7 Å². The van der Waals surface area contributed by atoms with Gasteiger partial charge < -0.3 is 20.1 Å². The highest BCUT2D eigenvalue weighted by Gasteiger charge is 2.23. The van der Waals surface area contributed by atoms with Gasteiger partial charge in [-0.3, -0.25) is 0 Å². The Kier molecular flexibility index (Phi) is 4.39. The molecule has 0 spiro atoms. The van der Waals surface area contributed by atoms with Gasteiger partial charge in [0.1, 0.15) is 0 Å². The van der Waals surface area contributed by atoms with Crippen molar-refractivity contribution in [3.05, 3.63) is 43.0 Å². The minimum atomic E-state index is -0.202. The Morgan fingerprint density at radius 1 is 1.23 bits per heavy atom. The third-order valence-corrected chi connectivity index (χ3v) is 4.57. The highest BCUT2D eigenvalue weighted by molar-refractivity contribution is 5.92. The summed E-state index contributed by atoms with van der Waals surface area (Å²) in [4.78, 5) is 27.4. The summed E-state index contributed by atoms with van der Waals surface area (Å²) in [7, 11) is 1.93. The van der Waals surface area contributed by atoms with Gasteiger partial charge in [0.25, 0.3) is 0 Å². The van der Waals surface area contributed by atoms with Crippen LogP contribution in [-0.2, 0) is 7.05 Å². The van der Waals surface area contributed by atoms with Gasteiger partial charge >= 0.3 is 6.03 Å². The van der Waals surface area contributed by atoms with Crippen molar-refractivity contribution in [3.8, 4) is 0 Å². The lowest BCUT2D eigenvalue weighted by Gasteiger charge is -2.33. The second kappa shape index (κ2) is 6.99. The first-order valence-electron chi connectivity index (χ1n) is 8.69. The number of urea groups is 1. The largest absolute Gasteiger partial charge is 0.339 e. The molecule has 0 radical (unpaired) electrons. The normalized spacial score (nSPS) is 17.3. The zero-order valence-corrected chi connectivity index (χ0v) is 14.6. The molecule has 1 aliphatic rings. The van der Waals surface area contributed by atoms with Crippen LogP contribution in [-0.4, -0.2) is 44.7 Å². The number of aryl methyl sites for hydroxylation is 1. The van der Waals surface area contributed by atoms with E-state index in [2.05, 4.69) is 30.5 Å². The van der Waals surface area contributed by atoms with Gasteiger partial charge in [0.2, 0.25) is 5.95 Å². The Labute approximate surface area is 151 Å². The molecule has 2 aromatic heterocycles. The Hall–Kier alpha value is -3.16. The standard InChI is InChI=1S/C18H21N7O/c1-24-12-21-15-6-5-13(10-16(15)24)22-18(26)23-14-4-2-9-25(11-14)17-19-7-3-8-20-17/h3,5-8,10,12,14H,2,4,9,11H2,1H3,(H2,22,23,26)/t14-/m1/s1. The van der Waals surface area contributed by atoms with E-state index in [9.17, 15) is 4.79 Å².